The largest absolute Gasteiger partial charge is 0.389 e. The number of amides is 1. The van der Waals surface area contributed by atoms with Gasteiger partial charge in [-0.2, -0.15) is 0 Å². The van der Waals surface area contributed by atoms with E-state index in [9.17, 15) is 9.90 Å². The van der Waals surface area contributed by atoms with Gasteiger partial charge in [0.05, 0.1) is 30.4 Å². The topological polar surface area (TPSA) is 65.6 Å². The molecule has 1 aromatic carbocycles. The lowest BCUT2D eigenvalue weighted by molar-refractivity contribution is 0.0534. The van der Waals surface area contributed by atoms with Crippen molar-refractivity contribution in [1.82, 2.24) is 9.88 Å². The third kappa shape index (κ3) is 2.54. The van der Waals surface area contributed by atoms with Gasteiger partial charge in [-0.15, -0.1) is 0 Å². The van der Waals surface area contributed by atoms with E-state index in [0.717, 1.165) is 16.6 Å². The molecule has 1 atom stereocenters. The van der Waals surface area contributed by atoms with E-state index >= 15 is 0 Å². The highest BCUT2D eigenvalue weighted by atomic mass is 16.5. The Hall–Kier alpha value is -1.85. The first-order valence-corrected chi connectivity index (χ1v) is 7.21. The molecule has 2 N–H and O–H groups in total. The van der Waals surface area contributed by atoms with Crippen LogP contribution in [0.25, 0.3) is 10.9 Å². The number of fused-ring (bicyclic) bond motifs is 1. The van der Waals surface area contributed by atoms with Crippen LogP contribution in [0.2, 0.25) is 0 Å². The summed E-state index contributed by atoms with van der Waals surface area (Å²) in [4.78, 5) is 17.7. The maximum absolute atomic E-state index is 12.8. The number of β-amino-alcohol motifs (C(OH)–C–C–N with tert-alkyl or cyclic N) is 1. The maximum Gasteiger partial charge on any atom is 0.256 e. The second-order valence-corrected chi connectivity index (χ2v) is 5.58. The second-order valence-electron chi connectivity index (χ2n) is 5.58. The molecular weight excluding hydrogens is 268 g/mol. The molecule has 1 amide bonds. The molecule has 1 aliphatic heterocycles. The highest BCUT2D eigenvalue weighted by Gasteiger charge is 2.24. The van der Waals surface area contributed by atoms with Crippen LogP contribution in [-0.4, -0.2) is 53.3 Å². The van der Waals surface area contributed by atoms with Crippen molar-refractivity contribution in [3.05, 3.63) is 35.0 Å². The lowest BCUT2D eigenvalue weighted by Crippen LogP contribution is -2.37. The van der Waals surface area contributed by atoms with Gasteiger partial charge in [-0.1, -0.05) is 12.1 Å². The van der Waals surface area contributed by atoms with Gasteiger partial charge in [0.15, 0.2) is 0 Å². The van der Waals surface area contributed by atoms with Crippen LogP contribution in [0.3, 0.4) is 0 Å². The molecule has 0 radical (unpaired) electrons. The van der Waals surface area contributed by atoms with Gasteiger partial charge in [-0.05, 0) is 25.5 Å². The average Bonchev–Trinajstić information content (AvgIpc) is 2.65. The van der Waals surface area contributed by atoms with Gasteiger partial charge in [0.2, 0.25) is 0 Å². The summed E-state index contributed by atoms with van der Waals surface area (Å²) in [7, 11) is 0. The van der Waals surface area contributed by atoms with E-state index in [2.05, 4.69) is 4.98 Å². The molecule has 1 aliphatic rings. The van der Waals surface area contributed by atoms with E-state index in [1.165, 1.54) is 5.56 Å². The predicted octanol–water partition coefficient (Wildman–Crippen LogP) is 1.62. The maximum atomic E-state index is 12.8. The van der Waals surface area contributed by atoms with E-state index in [1.807, 2.05) is 32.0 Å². The highest BCUT2D eigenvalue weighted by Crippen LogP contribution is 2.25. The first-order chi connectivity index (χ1) is 10.1. The number of carbonyl (C=O) groups excluding carboxylic acids is 1. The summed E-state index contributed by atoms with van der Waals surface area (Å²) in [6, 6.07) is 5.75. The van der Waals surface area contributed by atoms with Crippen LogP contribution in [0, 0.1) is 13.8 Å². The molecule has 2 heterocycles. The fraction of sp³-hybridized carbons (Fsp3) is 0.438. The smallest absolute Gasteiger partial charge is 0.256 e. The number of hydrogen-bond donors (Lipinski definition) is 2. The molecule has 0 aliphatic carbocycles. The van der Waals surface area contributed by atoms with E-state index < -0.39 is 6.10 Å². The fourth-order valence-corrected chi connectivity index (χ4v) is 2.81. The Morgan fingerprint density at radius 2 is 2.24 bits per heavy atom. The van der Waals surface area contributed by atoms with E-state index in [1.54, 1.807) is 4.90 Å². The minimum atomic E-state index is -0.622. The number of carbonyl (C=O) groups is 1. The number of benzene rings is 1. The Labute approximate surface area is 123 Å². The number of aliphatic hydroxyl groups excluding tert-OH is 1. The number of aromatic nitrogens is 1. The van der Waals surface area contributed by atoms with E-state index in [4.69, 9.17) is 4.74 Å². The lowest BCUT2D eigenvalue weighted by atomic mass is 10.1. The van der Waals surface area contributed by atoms with Gasteiger partial charge in [-0.25, -0.2) is 0 Å². The minimum absolute atomic E-state index is 0.0635. The normalized spacial score (nSPS) is 19.8. The van der Waals surface area contributed by atoms with Gasteiger partial charge in [-0.3, -0.25) is 4.79 Å². The number of ether oxygens (including phenoxy) is 1. The summed E-state index contributed by atoms with van der Waals surface area (Å²) in [6.07, 6.45) is -0.622. The molecule has 112 valence electrons. The van der Waals surface area contributed by atoms with Crippen LogP contribution in [0.5, 0.6) is 0 Å². The molecule has 0 unspecified atom stereocenters. The summed E-state index contributed by atoms with van der Waals surface area (Å²) >= 11 is 0. The second kappa shape index (κ2) is 5.50. The van der Waals surface area contributed by atoms with Crippen molar-refractivity contribution in [2.75, 3.05) is 26.3 Å². The molecule has 3 rings (SSSR count). The van der Waals surface area contributed by atoms with Crippen molar-refractivity contribution < 1.29 is 14.6 Å². The van der Waals surface area contributed by atoms with Gasteiger partial charge in [0.25, 0.3) is 5.91 Å². The average molecular weight is 288 g/mol. The minimum Gasteiger partial charge on any atom is -0.389 e. The number of para-hydroxylation sites is 1. The summed E-state index contributed by atoms with van der Waals surface area (Å²) in [6.45, 7) is 5.62. The van der Waals surface area contributed by atoms with Crippen LogP contribution >= 0.6 is 0 Å². The Morgan fingerprint density at radius 3 is 3.05 bits per heavy atom. The number of aromatic amines is 1. The van der Waals surface area contributed by atoms with Crippen LogP contribution in [-0.2, 0) is 4.74 Å². The van der Waals surface area contributed by atoms with Crippen LogP contribution in [0.1, 0.15) is 21.6 Å². The number of nitrogens with zero attached hydrogens (tertiary/aromatic N) is 1. The predicted molar refractivity (Wildman–Crippen MR) is 80.5 cm³/mol. The third-order valence-electron chi connectivity index (χ3n) is 4.11. The molecule has 2 aromatic rings. The summed E-state index contributed by atoms with van der Waals surface area (Å²) in [5.41, 5.74) is 3.76. The van der Waals surface area contributed by atoms with E-state index in [0.29, 0.717) is 25.3 Å². The first-order valence-electron chi connectivity index (χ1n) is 7.21. The monoisotopic (exact) mass is 288 g/mol. The molecule has 5 heteroatoms. The Morgan fingerprint density at radius 1 is 1.43 bits per heavy atom. The number of rotatable bonds is 1. The number of hydrogen-bond acceptors (Lipinski definition) is 3. The van der Waals surface area contributed by atoms with Gasteiger partial charge in [0, 0.05) is 24.2 Å². The standard InChI is InChI=1S/C16H20N2O3/c1-10-11(2)17-15-13(10)4-3-5-14(15)16(20)18-6-7-21-9-12(19)8-18/h3-5,12,17,19H,6-9H2,1-2H3/t12-/m1/s1. The number of aryl methyl sites for hydroxylation is 2. The molecule has 0 bridgehead atoms. The number of aliphatic hydroxyl groups is 1. The lowest BCUT2D eigenvalue weighted by Gasteiger charge is -2.21. The zero-order chi connectivity index (χ0) is 15.0. The van der Waals surface area contributed by atoms with Crippen molar-refractivity contribution in [3.63, 3.8) is 0 Å². The van der Waals surface area contributed by atoms with Gasteiger partial charge < -0.3 is 19.7 Å². The Balaban J connectivity index is 1.99. The van der Waals surface area contributed by atoms with Crippen LogP contribution in [0.4, 0.5) is 0 Å². The first kappa shape index (κ1) is 14.1. The van der Waals surface area contributed by atoms with E-state index in [-0.39, 0.29) is 12.5 Å². The molecule has 1 saturated heterocycles. The number of nitrogens with one attached hydrogen (secondary N) is 1. The molecule has 0 spiro atoms. The SMILES string of the molecule is Cc1[nH]c2c(C(=O)N3CCOC[C@H](O)C3)cccc2c1C. The van der Waals surface area contributed by atoms with Crippen molar-refractivity contribution >= 4 is 16.8 Å². The van der Waals surface area contributed by atoms with Crippen LogP contribution < -0.4 is 0 Å². The van der Waals surface area contributed by atoms with Crippen molar-refractivity contribution in [1.29, 1.82) is 0 Å². The zero-order valence-electron chi connectivity index (χ0n) is 12.3. The van der Waals surface area contributed by atoms with Crippen LogP contribution in [0.15, 0.2) is 18.2 Å². The highest BCUT2D eigenvalue weighted by molar-refractivity contribution is 6.06. The Kier molecular flexibility index (Phi) is 3.69. The zero-order valence-corrected chi connectivity index (χ0v) is 12.3. The fourth-order valence-electron chi connectivity index (χ4n) is 2.81. The molecule has 1 aromatic heterocycles. The molecular formula is C16H20N2O3. The third-order valence-corrected chi connectivity index (χ3v) is 4.11. The summed E-state index contributed by atoms with van der Waals surface area (Å²) in [5.74, 6) is -0.0635. The van der Waals surface area contributed by atoms with Crippen molar-refractivity contribution in [2.24, 2.45) is 0 Å². The summed E-state index contributed by atoms with van der Waals surface area (Å²) in [5, 5.41) is 10.9. The van der Waals surface area contributed by atoms with Crippen molar-refractivity contribution in [3.8, 4) is 0 Å². The Bertz CT molecular complexity index is 677. The molecule has 21 heavy (non-hydrogen) atoms. The summed E-state index contributed by atoms with van der Waals surface area (Å²) < 4.78 is 5.28. The molecule has 5 nitrogen and oxygen atoms in total. The quantitative estimate of drug-likeness (QED) is 0.838. The molecule has 1 fully saturated rings. The molecule has 0 saturated carbocycles. The van der Waals surface area contributed by atoms with Gasteiger partial charge >= 0.3 is 0 Å². The van der Waals surface area contributed by atoms with Crippen molar-refractivity contribution in [2.45, 2.75) is 20.0 Å². The number of H-pyrrole nitrogens is 1. The van der Waals surface area contributed by atoms with Gasteiger partial charge in [0.1, 0.15) is 0 Å².